The summed E-state index contributed by atoms with van der Waals surface area (Å²) in [5.74, 6) is 1.02. The summed E-state index contributed by atoms with van der Waals surface area (Å²) in [6.45, 7) is 0.239. The van der Waals surface area contributed by atoms with Crippen molar-refractivity contribution in [3.63, 3.8) is 0 Å². The van der Waals surface area contributed by atoms with Gasteiger partial charge in [0, 0.05) is 19.2 Å². The largest absolute Gasteiger partial charge is 0.415 e. The van der Waals surface area contributed by atoms with Crippen molar-refractivity contribution in [3.05, 3.63) is 5.89 Å². The Labute approximate surface area is 85.6 Å². The first-order chi connectivity index (χ1) is 6.76. The predicted octanol–water partition coefficient (Wildman–Crippen LogP) is -0.243. The van der Waals surface area contributed by atoms with Crippen LogP contribution in [0.4, 0.5) is 0 Å². The van der Waals surface area contributed by atoms with Crippen LogP contribution in [-0.2, 0) is 11.3 Å². The van der Waals surface area contributed by atoms with Crippen LogP contribution in [0.5, 0.6) is 0 Å². The topological polar surface area (TPSA) is 94.0 Å². The number of hydrogen-bond acceptors (Lipinski definition) is 6. The van der Waals surface area contributed by atoms with Crippen molar-refractivity contribution in [3.8, 4) is 0 Å². The molecule has 0 radical (unpaired) electrons. The van der Waals surface area contributed by atoms with Gasteiger partial charge in [-0.1, -0.05) is 11.8 Å². The van der Waals surface area contributed by atoms with E-state index in [2.05, 4.69) is 15.5 Å². The molecule has 0 fully saturated rings. The van der Waals surface area contributed by atoms with Gasteiger partial charge in [-0.25, -0.2) is 0 Å². The Morgan fingerprint density at radius 1 is 1.64 bits per heavy atom. The lowest BCUT2D eigenvalue weighted by atomic mass is 10.5. The van der Waals surface area contributed by atoms with Crippen molar-refractivity contribution in [2.24, 2.45) is 5.73 Å². The van der Waals surface area contributed by atoms with Crippen LogP contribution in [0.2, 0.25) is 0 Å². The van der Waals surface area contributed by atoms with Crippen LogP contribution >= 0.6 is 11.8 Å². The highest BCUT2D eigenvalue weighted by molar-refractivity contribution is 7.99. The number of amides is 1. The first-order valence-corrected chi connectivity index (χ1v) is 5.10. The van der Waals surface area contributed by atoms with Crippen LogP contribution in [0.25, 0.3) is 0 Å². The molecule has 0 saturated heterocycles. The number of hydrogen-bond donors (Lipinski definition) is 2. The van der Waals surface area contributed by atoms with Gasteiger partial charge in [0.25, 0.3) is 5.22 Å². The van der Waals surface area contributed by atoms with E-state index in [1.807, 2.05) is 0 Å². The fourth-order valence-corrected chi connectivity index (χ4v) is 1.45. The number of thioether (sulfide) groups is 1. The summed E-state index contributed by atoms with van der Waals surface area (Å²) < 4.78 is 5.13. The minimum atomic E-state index is -0.00364. The van der Waals surface area contributed by atoms with E-state index in [9.17, 15) is 4.79 Å². The van der Waals surface area contributed by atoms with Crippen molar-refractivity contribution in [1.29, 1.82) is 0 Å². The van der Waals surface area contributed by atoms with Crippen LogP contribution in [0.1, 0.15) is 12.3 Å². The standard InChI is InChI=1S/C7H12N4O2S/c1-9-5(12)2-3-14-7-11-10-6(4-8)13-7/h2-4,8H2,1H3,(H,9,12). The Morgan fingerprint density at radius 3 is 3.00 bits per heavy atom. The maximum absolute atomic E-state index is 10.9. The molecule has 0 bridgehead atoms. The van der Waals surface area contributed by atoms with Crippen LogP contribution in [-0.4, -0.2) is 28.9 Å². The maximum atomic E-state index is 10.9. The second-order valence-electron chi connectivity index (χ2n) is 2.44. The first kappa shape index (κ1) is 11.0. The summed E-state index contributed by atoms with van der Waals surface area (Å²) in [5.41, 5.74) is 5.29. The minimum Gasteiger partial charge on any atom is -0.415 e. The normalized spacial score (nSPS) is 10.1. The molecule has 14 heavy (non-hydrogen) atoms. The predicted molar refractivity (Wildman–Crippen MR) is 51.6 cm³/mol. The summed E-state index contributed by atoms with van der Waals surface area (Å²) in [7, 11) is 1.60. The molecule has 0 atom stereocenters. The van der Waals surface area contributed by atoms with Crippen molar-refractivity contribution in [2.45, 2.75) is 18.2 Å². The summed E-state index contributed by atoms with van der Waals surface area (Å²) in [6, 6.07) is 0. The van der Waals surface area contributed by atoms with E-state index in [0.717, 1.165) is 0 Å². The second-order valence-corrected chi connectivity index (χ2v) is 3.48. The van der Waals surface area contributed by atoms with Crippen molar-refractivity contribution in [2.75, 3.05) is 12.8 Å². The number of nitrogens with one attached hydrogen (secondary N) is 1. The molecule has 1 amide bonds. The SMILES string of the molecule is CNC(=O)CCSc1nnc(CN)o1. The molecule has 1 aromatic rings. The fourth-order valence-electron chi connectivity index (χ4n) is 0.735. The molecule has 0 aliphatic carbocycles. The first-order valence-electron chi connectivity index (χ1n) is 4.12. The third kappa shape index (κ3) is 3.35. The Kier molecular flexibility index (Phi) is 4.41. The van der Waals surface area contributed by atoms with Gasteiger partial charge >= 0.3 is 0 Å². The van der Waals surface area contributed by atoms with Gasteiger partial charge in [0.15, 0.2) is 0 Å². The van der Waals surface area contributed by atoms with Gasteiger partial charge < -0.3 is 15.5 Å². The molecule has 1 heterocycles. The molecule has 0 aliphatic rings. The lowest BCUT2D eigenvalue weighted by molar-refractivity contribution is -0.120. The van der Waals surface area contributed by atoms with Crippen LogP contribution < -0.4 is 11.1 Å². The van der Waals surface area contributed by atoms with E-state index in [-0.39, 0.29) is 12.5 Å². The van der Waals surface area contributed by atoms with Gasteiger partial charge in [-0.15, -0.1) is 10.2 Å². The van der Waals surface area contributed by atoms with E-state index in [0.29, 0.717) is 23.3 Å². The Morgan fingerprint density at radius 2 is 2.43 bits per heavy atom. The zero-order valence-corrected chi connectivity index (χ0v) is 8.63. The second kappa shape index (κ2) is 5.61. The summed E-state index contributed by atoms with van der Waals surface area (Å²) >= 11 is 1.34. The van der Waals surface area contributed by atoms with E-state index in [4.69, 9.17) is 10.2 Å². The molecule has 0 saturated carbocycles. The van der Waals surface area contributed by atoms with E-state index >= 15 is 0 Å². The van der Waals surface area contributed by atoms with Crippen molar-refractivity contribution < 1.29 is 9.21 Å². The van der Waals surface area contributed by atoms with E-state index in [1.54, 1.807) is 7.05 Å². The number of rotatable bonds is 5. The zero-order chi connectivity index (χ0) is 10.4. The third-order valence-electron chi connectivity index (χ3n) is 1.46. The molecular weight excluding hydrogens is 204 g/mol. The van der Waals surface area contributed by atoms with Gasteiger partial charge in [-0.2, -0.15) is 0 Å². The molecule has 0 aliphatic heterocycles. The van der Waals surface area contributed by atoms with Gasteiger partial charge in [-0.3, -0.25) is 4.79 Å². The van der Waals surface area contributed by atoms with Crippen LogP contribution in [0.15, 0.2) is 9.64 Å². The number of nitrogens with zero attached hydrogens (tertiary/aromatic N) is 2. The van der Waals surface area contributed by atoms with Crippen LogP contribution in [0.3, 0.4) is 0 Å². The monoisotopic (exact) mass is 216 g/mol. The molecule has 0 spiro atoms. The number of carbonyl (C=O) groups is 1. The zero-order valence-electron chi connectivity index (χ0n) is 7.82. The molecule has 6 nitrogen and oxygen atoms in total. The highest BCUT2D eigenvalue weighted by Crippen LogP contribution is 2.16. The molecule has 3 N–H and O–H groups in total. The molecule has 0 unspecified atom stereocenters. The molecular formula is C7H12N4O2S. The highest BCUT2D eigenvalue weighted by atomic mass is 32.2. The van der Waals surface area contributed by atoms with Gasteiger partial charge in [0.1, 0.15) is 0 Å². The molecule has 1 rings (SSSR count). The van der Waals surface area contributed by atoms with Gasteiger partial charge in [0.05, 0.1) is 6.54 Å². The molecule has 1 aromatic heterocycles. The van der Waals surface area contributed by atoms with E-state index in [1.165, 1.54) is 11.8 Å². The van der Waals surface area contributed by atoms with Crippen LogP contribution in [0, 0.1) is 0 Å². The van der Waals surface area contributed by atoms with Crippen molar-refractivity contribution >= 4 is 17.7 Å². The Balaban J connectivity index is 2.27. The Hall–Kier alpha value is -1.08. The quantitative estimate of drug-likeness (QED) is 0.659. The smallest absolute Gasteiger partial charge is 0.276 e. The van der Waals surface area contributed by atoms with E-state index < -0.39 is 0 Å². The Bertz CT molecular complexity index is 302. The molecule has 0 aromatic carbocycles. The lowest BCUT2D eigenvalue weighted by Crippen LogP contribution is -2.17. The number of carbonyl (C=O) groups excluding carboxylic acids is 1. The fraction of sp³-hybridized carbons (Fsp3) is 0.571. The maximum Gasteiger partial charge on any atom is 0.276 e. The van der Waals surface area contributed by atoms with Gasteiger partial charge in [-0.05, 0) is 0 Å². The summed E-state index contributed by atoms with van der Waals surface area (Å²) in [6.07, 6.45) is 0.432. The molecule has 78 valence electrons. The minimum absolute atomic E-state index is 0.00364. The van der Waals surface area contributed by atoms with Gasteiger partial charge in [0.2, 0.25) is 11.8 Å². The average molecular weight is 216 g/mol. The third-order valence-corrected chi connectivity index (χ3v) is 2.28. The summed E-state index contributed by atoms with van der Waals surface area (Å²) in [4.78, 5) is 10.9. The number of aromatic nitrogens is 2. The summed E-state index contributed by atoms with van der Waals surface area (Å²) in [5, 5.41) is 10.4. The highest BCUT2D eigenvalue weighted by Gasteiger charge is 2.05. The molecule has 7 heteroatoms. The average Bonchev–Trinajstić information content (AvgIpc) is 2.65. The van der Waals surface area contributed by atoms with Crippen molar-refractivity contribution in [1.82, 2.24) is 15.5 Å². The lowest BCUT2D eigenvalue weighted by Gasteiger charge is -1.95. The number of nitrogens with two attached hydrogens (primary N) is 1.